The molecule has 138 valence electrons. The van der Waals surface area contributed by atoms with Crippen LogP contribution < -0.4 is 4.90 Å². The summed E-state index contributed by atoms with van der Waals surface area (Å²) in [5.74, 6) is 0. The summed E-state index contributed by atoms with van der Waals surface area (Å²) in [5.41, 5.74) is 5.75. The molecule has 0 bridgehead atoms. The number of aliphatic hydroxyl groups is 1. The molecule has 1 aromatic carbocycles. The Labute approximate surface area is 154 Å². The van der Waals surface area contributed by atoms with Gasteiger partial charge in [-0.3, -0.25) is 0 Å². The fourth-order valence-corrected chi connectivity index (χ4v) is 3.34. The molecule has 1 atom stereocenters. The lowest BCUT2D eigenvalue weighted by Gasteiger charge is -2.27. The van der Waals surface area contributed by atoms with Gasteiger partial charge < -0.3 is 10.0 Å². The molecular formula is C20H27N5O. The number of nitrogens with zero attached hydrogens (tertiary/aromatic N) is 5. The molecule has 0 radical (unpaired) electrons. The lowest BCUT2D eigenvalue weighted by molar-refractivity contribution is 0.0797. The number of hydrogen-bond acceptors (Lipinski definition) is 4. The molecule has 1 N–H and O–H groups in total. The van der Waals surface area contributed by atoms with Crippen LogP contribution >= 0.6 is 0 Å². The van der Waals surface area contributed by atoms with E-state index in [4.69, 9.17) is 0 Å². The van der Waals surface area contributed by atoms with E-state index in [0.717, 1.165) is 34.0 Å². The summed E-state index contributed by atoms with van der Waals surface area (Å²) in [4.78, 5) is 2.04. The minimum Gasteiger partial charge on any atom is -0.384 e. The first-order chi connectivity index (χ1) is 12.3. The van der Waals surface area contributed by atoms with Crippen molar-refractivity contribution in [3.63, 3.8) is 0 Å². The van der Waals surface area contributed by atoms with Gasteiger partial charge in [-0.25, -0.2) is 9.36 Å². The van der Waals surface area contributed by atoms with Gasteiger partial charge in [-0.15, -0.1) is 0 Å². The van der Waals surface area contributed by atoms with Gasteiger partial charge in [0.15, 0.2) is 6.17 Å². The zero-order valence-corrected chi connectivity index (χ0v) is 16.3. The molecule has 0 spiro atoms. The smallest absolute Gasteiger partial charge is 0.173 e. The van der Waals surface area contributed by atoms with Crippen molar-refractivity contribution < 1.29 is 5.11 Å². The van der Waals surface area contributed by atoms with Crippen molar-refractivity contribution >= 4 is 5.69 Å². The van der Waals surface area contributed by atoms with Gasteiger partial charge >= 0.3 is 0 Å². The Bertz CT molecular complexity index is 845. The topological polar surface area (TPSA) is 59.1 Å². The van der Waals surface area contributed by atoms with Gasteiger partial charge in [0, 0.05) is 31.2 Å². The molecule has 6 nitrogen and oxygen atoms in total. The van der Waals surface area contributed by atoms with Crippen molar-refractivity contribution in [2.24, 2.45) is 0 Å². The standard InChI is InChI=1S/C20H27N5O/c1-13-11-15(3)24(21-13)20(25-16(4)12-14(2)22-25)19(26)17-7-9-18(10-8-17)23(5)6/h7-12,19-20,26H,1-6H3. The zero-order chi connectivity index (χ0) is 19.0. The van der Waals surface area contributed by atoms with E-state index in [1.54, 1.807) is 0 Å². The highest BCUT2D eigenvalue weighted by Gasteiger charge is 2.28. The number of aryl methyl sites for hydroxylation is 4. The van der Waals surface area contributed by atoms with E-state index < -0.39 is 12.3 Å². The summed E-state index contributed by atoms with van der Waals surface area (Å²) >= 11 is 0. The third-order valence-corrected chi connectivity index (χ3v) is 4.62. The van der Waals surface area contributed by atoms with Gasteiger partial charge in [-0.1, -0.05) is 12.1 Å². The molecule has 0 saturated carbocycles. The first-order valence-corrected chi connectivity index (χ1v) is 8.79. The average Bonchev–Trinajstić information content (AvgIpc) is 3.09. The molecule has 2 aromatic heterocycles. The van der Waals surface area contributed by atoms with Crippen LogP contribution in [0, 0.1) is 27.7 Å². The van der Waals surface area contributed by atoms with E-state index >= 15 is 0 Å². The maximum atomic E-state index is 11.2. The Hall–Kier alpha value is -2.60. The normalized spacial score (nSPS) is 12.6. The number of hydrogen-bond donors (Lipinski definition) is 1. The third kappa shape index (κ3) is 3.37. The summed E-state index contributed by atoms with van der Waals surface area (Å²) in [6, 6.07) is 12.0. The monoisotopic (exact) mass is 353 g/mol. The predicted molar refractivity (Wildman–Crippen MR) is 104 cm³/mol. The Morgan fingerprint density at radius 3 is 1.65 bits per heavy atom. The molecule has 0 aliphatic rings. The van der Waals surface area contributed by atoms with E-state index in [0.29, 0.717) is 0 Å². The molecule has 0 fully saturated rings. The molecular weight excluding hydrogens is 326 g/mol. The van der Waals surface area contributed by atoms with Gasteiger partial charge in [0.25, 0.3) is 0 Å². The van der Waals surface area contributed by atoms with Crippen LogP contribution in [0.1, 0.15) is 40.6 Å². The number of rotatable bonds is 5. The van der Waals surface area contributed by atoms with E-state index in [9.17, 15) is 5.11 Å². The minimum absolute atomic E-state index is 0.442. The quantitative estimate of drug-likeness (QED) is 0.765. The molecule has 2 heterocycles. The summed E-state index contributed by atoms with van der Waals surface area (Å²) in [5, 5.41) is 20.5. The van der Waals surface area contributed by atoms with E-state index in [2.05, 4.69) is 10.2 Å². The summed E-state index contributed by atoms with van der Waals surface area (Å²) in [6.07, 6.45) is -1.22. The van der Waals surface area contributed by atoms with Crippen molar-refractivity contribution in [3.05, 3.63) is 64.7 Å². The van der Waals surface area contributed by atoms with Crippen LogP contribution in [0.2, 0.25) is 0 Å². The lowest BCUT2D eigenvalue weighted by atomic mass is 10.1. The number of anilines is 1. The fourth-order valence-electron chi connectivity index (χ4n) is 3.34. The molecule has 1 unspecified atom stereocenters. The van der Waals surface area contributed by atoms with Gasteiger partial charge in [0.1, 0.15) is 6.10 Å². The number of aliphatic hydroxyl groups excluding tert-OH is 1. The summed E-state index contributed by atoms with van der Waals surface area (Å²) in [6.45, 7) is 7.92. The zero-order valence-electron chi connectivity index (χ0n) is 16.3. The average molecular weight is 353 g/mol. The molecule has 3 rings (SSSR count). The lowest BCUT2D eigenvalue weighted by Crippen LogP contribution is -2.29. The second-order valence-corrected chi connectivity index (χ2v) is 7.09. The van der Waals surface area contributed by atoms with Gasteiger partial charge in [0.2, 0.25) is 0 Å². The van der Waals surface area contributed by atoms with Crippen molar-refractivity contribution in [2.45, 2.75) is 40.0 Å². The first-order valence-electron chi connectivity index (χ1n) is 8.79. The molecule has 0 aliphatic heterocycles. The van der Waals surface area contributed by atoms with Crippen molar-refractivity contribution in [3.8, 4) is 0 Å². The molecule has 0 amide bonds. The van der Waals surface area contributed by atoms with Crippen LogP contribution in [0.4, 0.5) is 5.69 Å². The van der Waals surface area contributed by atoms with E-state index in [1.807, 2.05) is 92.5 Å². The maximum absolute atomic E-state index is 11.2. The van der Waals surface area contributed by atoms with Crippen LogP contribution in [-0.4, -0.2) is 38.8 Å². The van der Waals surface area contributed by atoms with Crippen molar-refractivity contribution in [2.75, 3.05) is 19.0 Å². The largest absolute Gasteiger partial charge is 0.384 e. The van der Waals surface area contributed by atoms with Crippen molar-refractivity contribution in [1.29, 1.82) is 0 Å². The predicted octanol–water partition coefficient (Wildman–Crippen LogP) is 3.16. The summed E-state index contributed by atoms with van der Waals surface area (Å²) < 4.78 is 3.72. The molecule has 0 aliphatic carbocycles. The molecule has 26 heavy (non-hydrogen) atoms. The van der Waals surface area contributed by atoms with Gasteiger partial charge in [-0.2, -0.15) is 10.2 Å². The molecule has 6 heteroatoms. The molecule has 3 aromatic rings. The third-order valence-electron chi connectivity index (χ3n) is 4.62. The van der Waals surface area contributed by atoms with Crippen LogP contribution in [0.5, 0.6) is 0 Å². The van der Waals surface area contributed by atoms with Crippen LogP contribution in [0.15, 0.2) is 36.4 Å². The van der Waals surface area contributed by atoms with Crippen molar-refractivity contribution in [1.82, 2.24) is 19.6 Å². The Kier molecular flexibility index (Phi) is 4.87. The van der Waals surface area contributed by atoms with Gasteiger partial charge in [-0.05, 0) is 57.5 Å². The minimum atomic E-state index is -0.776. The SMILES string of the molecule is Cc1cc(C)n(C(C(O)c2ccc(N(C)C)cc2)n2nc(C)cc2C)n1. The highest BCUT2D eigenvalue weighted by molar-refractivity contribution is 5.46. The second kappa shape index (κ2) is 6.96. The van der Waals surface area contributed by atoms with Crippen LogP contribution in [0.25, 0.3) is 0 Å². The molecule has 0 saturated heterocycles. The maximum Gasteiger partial charge on any atom is 0.173 e. The second-order valence-electron chi connectivity index (χ2n) is 7.09. The highest BCUT2D eigenvalue weighted by atomic mass is 16.3. The Morgan fingerprint density at radius 2 is 1.31 bits per heavy atom. The van der Waals surface area contributed by atoms with E-state index in [-0.39, 0.29) is 0 Å². The van der Waals surface area contributed by atoms with E-state index in [1.165, 1.54) is 0 Å². The van der Waals surface area contributed by atoms with Crippen LogP contribution in [-0.2, 0) is 0 Å². The Morgan fingerprint density at radius 1 is 0.846 bits per heavy atom. The first kappa shape index (κ1) is 18.2. The fraction of sp³-hybridized carbons (Fsp3) is 0.400. The Balaban J connectivity index is 2.08. The summed E-state index contributed by atoms with van der Waals surface area (Å²) in [7, 11) is 4.00. The van der Waals surface area contributed by atoms with Crippen LogP contribution in [0.3, 0.4) is 0 Å². The number of aromatic nitrogens is 4. The van der Waals surface area contributed by atoms with Gasteiger partial charge in [0.05, 0.1) is 11.4 Å². The highest BCUT2D eigenvalue weighted by Crippen LogP contribution is 2.31. The number of benzene rings is 1.